The van der Waals surface area contributed by atoms with E-state index in [0.717, 1.165) is 37.2 Å². The van der Waals surface area contributed by atoms with Gasteiger partial charge in [0, 0.05) is 18.8 Å². The van der Waals surface area contributed by atoms with E-state index in [-0.39, 0.29) is 6.03 Å². The van der Waals surface area contributed by atoms with Crippen LogP contribution >= 0.6 is 0 Å². The van der Waals surface area contributed by atoms with Crippen LogP contribution in [0.4, 0.5) is 10.5 Å². The third-order valence-corrected chi connectivity index (χ3v) is 2.76. The number of nitrogens with one attached hydrogen (secondary N) is 2. The first-order chi connectivity index (χ1) is 7.75. The predicted molar refractivity (Wildman–Crippen MR) is 64.1 cm³/mol. The standard InChI is InChI=1S/C12H17N3O/c1-10-6-2-3-7-11(10)13-12(16)14-15-8-4-5-9-15/h2-3,6-7H,4-5,8-9H2,1H3,(H2,13,14,16). The van der Waals surface area contributed by atoms with Crippen LogP contribution in [0.3, 0.4) is 0 Å². The largest absolute Gasteiger partial charge is 0.333 e. The van der Waals surface area contributed by atoms with Gasteiger partial charge in [0.25, 0.3) is 0 Å². The Kier molecular flexibility index (Phi) is 3.41. The third-order valence-electron chi connectivity index (χ3n) is 2.76. The molecule has 86 valence electrons. The predicted octanol–water partition coefficient (Wildman–Crippen LogP) is 2.13. The maximum absolute atomic E-state index is 11.7. The van der Waals surface area contributed by atoms with Gasteiger partial charge >= 0.3 is 6.03 Å². The Morgan fingerprint density at radius 1 is 1.25 bits per heavy atom. The van der Waals surface area contributed by atoms with E-state index in [1.165, 1.54) is 0 Å². The van der Waals surface area contributed by atoms with Crippen LogP contribution in [0.2, 0.25) is 0 Å². The molecule has 0 bridgehead atoms. The molecule has 0 saturated carbocycles. The van der Waals surface area contributed by atoms with Crippen molar-refractivity contribution in [1.82, 2.24) is 10.4 Å². The molecule has 1 aromatic rings. The van der Waals surface area contributed by atoms with Crippen molar-refractivity contribution in [1.29, 1.82) is 0 Å². The lowest BCUT2D eigenvalue weighted by Gasteiger charge is -2.17. The Balaban J connectivity index is 1.89. The number of hydrazine groups is 1. The van der Waals surface area contributed by atoms with Gasteiger partial charge in [0.1, 0.15) is 0 Å². The zero-order chi connectivity index (χ0) is 11.4. The summed E-state index contributed by atoms with van der Waals surface area (Å²) in [6.07, 6.45) is 2.31. The first kappa shape index (κ1) is 11.0. The Labute approximate surface area is 95.6 Å². The quantitative estimate of drug-likeness (QED) is 0.800. The van der Waals surface area contributed by atoms with E-state index in [1.807, 2.05) is 36.2 Å². The van der Waals surface area contributed by atoms with Gasteiger partial charge in [-0.05, 0) is 31.4 Å². The van der Waals surface area contributed by atoms with Crippen LogP contribution in [0.25, 0.3) is 0 Å². The molecule has 0 aromatic heterocycles. The second-order valence-electron chi connectivity index (χ2n) is 4.08. The molecule has 4 heteroatoms. The molecule has 1 saturated heterocycles. The highest BCUT2D eigenvalue weighted by atomic mass is 16.2. The molecule has 1 fully saturated rings. The highest BCUT2D eigenvalue weighted by Crippen LogP contribution is 2.13. The first-order valence-corrected chi connectivity index (χ1v) is 5.64. The summed E-state index contributed by atoms with van der Waals surface area (Å²) >= 11 is 0. The molecule has 2 N–H and O–H groups in total. The molecular formula is C12H17N3O. The van der Waals surface area contributed by atoms with E-state index < -0.39 is 0 Å². The molecule has 1 aliphatic rings. The van der Waals surface area contributed by atoms with Gasteiger partial charge < -0.3 is 5.32 Å². The minimum absolute atomic E-state index is 0.156. The first-order valence-electron chi connectivity index (χ1n) is 5.64. The SMILES string of the molecule is Cc1ccccc1NC(=O)NN1CCCC1. The lowest BCUT2D eigenvalue weighted by molar-refractivity contribution is 0.209. The number of benzene rings is 1. The Bertz CT molecular complexity index is 372. The highest BCUT2D eigenvalue weighted by Gasteiger charge is 2.13. The Morgan fingerprint density at radius 3 is 2.62 bits per heavy atom. The summed E-state index contributed by atoms with van der Waals surface area (Å²) in [5.74, 6) is 0. The molecule has 0 atom stereocenters. The topological polar surface area (TPSA) is 44.4 Å². The fraction of sp³-hybridized carbons (Fsp3) is 0.417. The molecule has 1 heterocycles. The van der Waals surface area contributed by atoms with Crippen molar-refractivity contribution >= 4 is 11.7 Å². The van der Waals surface area contributed by atoms with Crippen LogP contribution < -0.4 is 10.7 Å². The molecule has 0 radical (unpaired) electrons. The summed E-state index contributed by atoms with van der Waals surface area (Å²) < 4.78 is 0. The minimum Gasteiger partial charge on any atom is -0.307 e. The fourth-order valence-corrected chi connectivity index (χ4v) is 1.84. The van der Waals surface area contributed by atoms with Crippen LogP contribution in [0, 0.1) is 6.92 Å². The number of aryl methyl sites for hydroxylation is 1. The van der Waals surface area contributed by atoms with Gasteiger partial charge in [0.05, 0.1) is 0 Å². The molecule has 16 heavy (non-hydrogen) atoms. The van der Waals surface area contributed by atoms with E-state index >= 15 is 0 Å². The zero-order valence-electron chi connectivity index (χ0n) is 9.49. The smallest absolute Gasteiger partial charge is 0.307 e. The summed E-state index contributed by atoms with van der Waals surface area (Å²) in [5, 5.41) is 4.80. The monoisotopic (exact) mass is 219 g/mol. The van der Waals surface area contributed by atoms with Gasteiger partial charge in [-0.25, -0.2) is 9.80 Å². The zero-order valence-corrected chi connectivity index (χ0v) is 9.49. The fourth-order valence-electron chi connectivity index (χ4n) is 1.84. The second kappa shape index (κ2) is 4.99. The summed E-state index contributed by atoms with van der Waals surface area (Å²) in [5.41, 5.74) is 4.77. The average Bonchev–Trinajstić information content (AvgIpc) is 2.74. The summed E-state index contributed by atoms with van der Waals surface area (Å²) in [7, 11) is 0. The molecule has 0 unspecified atom stereocenters. The van der Waals surface area contributed by atoms with Crippen LogP contribution in [-0.4, -0.2) is 24.1 Å². The van der Waals surface area contributed by atoms with Gasteiger partial charge in [0.2, 0.25) is 0 Å². The van der Waals surface area contributed by atoms with E-state index in [1.54, 1.807) is 0 Å². The number of carbonyl (C=O) groups is 1. The maximum Gasteiger partial charge on any atom is 0.333 e. The van der Waals surface area contributed by atoms with Gasteiger partial charge in [-0.1, -0.05) is 18.2 Å². The molecule has 4 nitrogen and oxygen atoms in total. The van der Waals surface area contributed by atoms with Crippen molar-refractivity contribution in [3.63, 3.8) is 0 Å². The number of anilines is 1. The number of carbonyl (C=O) groups excluding carboxylic acids is 1. The molecule has 1 aliphatic heterocycles. The number of rotatable bonds is 2. The molecule has 0 spiro atoms. The summed E-state index contributed by atoms with van der Waals surface area (Å²) in [6.45, 7) is 3.87. The van der Waals surface area contributed by atoms with Crippen molar-refractivity contribution in [3.8, 4) is 0 Å². The van der Waals surface area contributed by atoms with Gasteiger partial charge in [-0.2, -0.15) is 0 Å². The van der Waals surface area contributed by atoms with E-state index in [0.29, 0.717) is 0 Å². The van der Waals surface area contributed by atoms with Gasteiger partial charge in [-0.3, -0.25) is 5.43 Å². The lowest BCUT2D eigenvalue weighted by Crippen LogP contribution is -2.42. The molecular weight excluding hydrogens is 202 g/mol. The van der Waals surface area contributed by atoms with Crippen molar-refractivity contribution in [2.24, 2.45) is 0 Å². The van der Waals surface area contributed by atoms with Crippen LogP contribution in [-0.2, 0) is 0 Å². The molecule has 2 rings (SSSR count). The second-order valence-corrected chi connectivity index (χ2v) is 4.08. The maximum atomic E-state index is 11.7. The summed E-state index contributed by atoms with van der Waals surface area (Å²) in [6, 6.07) is 7.60. The Morgan fingerprint density at radius 2 is 1.94 bits per heavy atom. The number of para-hydroxylation sites is 1. The summed E-state index contributed by atoms with van der Waals surface area (Å²) in [4.78, 5) is 11.7. The van der Waals surface area contributed by atoms with Crippen LogP contribution in [0.5, 0.6) is 0 Å². The van der Waals surface area contributed by atoms with Gasteiger partial charge in [-0.15, -0.1) is 0 Å². The number of hydrogen-bond donors (Lipinski definition) is 2. The highest BCUT2D eigenvalue weighted by molar-refractivity contribution is 5.89. The number of urea groups is 1. The number of nitrogens with zero attached hydrogens (tertiary/aromatic N) is 1. The minimum atomic E-state index is -0.156. The van der Waals surface area contributed by atoms with E-state index in [9.17, 15) is 4.79 Å². The third kappa shape index (κ3) is 2.73. The normalized spacial score (nSPS) is 16.1. The molecule has 0 aliphatic carbocycles. The van der Waals surface area contributed by atoms with Crippen molar-refractivity contribution in [2.75, 3.05) is 18.4 Å². The number of hydrogen-bond acceptors (Lipinski definition) is 2. The van der Waals surface area contributed by atoms with E-state index in [4.69, 9.17) is 0 Å². The number of amides is 2. The van der Waals surface area contributed by atoms with Crippen LogP contribution in [0.15, 0.2) is 24.3 Å². The lowest BCUT2D eigenvalue weighted by atomic mass is 10.2. The van der Waals surface area contributed by atoms with Crippen LogP contribution in [0.1, 0.15) is 18.4 Å². The van der Waals surface area contributed by atoms with Gasteiger partial charge in [0.15, 0.2) is 0 Å². The van der Waals surface area contributed by atoms with Crippen molar-refractivity contribution in [3.05, 3.63) is 29.8 Å². The average molecular weight is 219 g/mol. The Hall–Kier alpha value is -1.55. The van der Waals surface area contributed by atoms with Crippen molar-refractivity contribution < 1.29 is 4.79 Å². The van der Waals surface area contributed by atoms with E-state index in [2.05, 4.69) is 10.7 Å². The molecule has 2 amide bonds. The van der Waals surface area contributed by atoms with Crippen molar-refractivity contribution in [2.45, 2.75) is 19.8 Å². The molecule has 1 aromatic carbocycles.